The van der Waals surface area contributed by atoms with Crippen LogP contribution in [0.15, 0.2) is 11.4 Å². The van der Waals surface area contributed by atoms with E-state index in [4.69, 9.17) is 4.74 Å². The first-order valence-electron chi connectivity index (χ1n) is 6.29. The lowest BCUT2D eigenvalue weighted by molar-refractivity contribution is -0.00973. The van der Waals surface area contributed by atoms with Gasteiger partial charge in [0.05, 0.1) is 6.61 Å². The van der Waals surface area contributed by atoms with Crippen LogP contribution < -0.4 is 0 Å². The summed E-state index contributed by atoms with van der Waals surface area (Å²) < 4.78 is 6.12. The van der Waals surface area contributed by atoms with E-state index in [0.29, 0.717) is 11.5 Å². The number of fused-ring (bicyclic) bond motifs is 2. The molecule has 1 aromatic heterocycles. The molecular formula is C13H17NOS. The number of ether oxygens (including phenoxy) is 1. The van der Waals surface area contributed by atoms with Gasteiger partial charge in [0.2, 0.25) is 0 Å². The van der Waals surface area contributed by atoms with Crippen LogP contribution in [0, 0.1) is 0 Å². The second-order valence-electron chi connectivity index (χ2n) is 5.43. The Hall–Kier alpha value is -0.380. The number of hydrogen-bond acceptors (Lipinski definition) is 3. The quantitative estimate of drug-likeness (QED) is 0.781. The second kappa shape index (κ2) is 3.31. The van der Waals surface area contributed by atoms with E-state index >= 15 is 0 Å². The lowest BCUT2D eigenvalue weighted by atomic mass is 9.93. The Labute approximate surface area is 100 Å². The number of rotatable bonds is 2. The molecule has 3 aliphatic rings. The first kappa shape index (κ1) is 9.63. The fraction of sp³-hybridized carbons (Fsp3) is 0.692. The van der Waals surface area contributed by atoms with E-state index in [1.807, 2.05) is 11.3 Å². The van der Waals surface area contributed by atoms with Crippen molar-refractivity contribution >= 4 is 11.3 Å². The summed E-state index contributed by atoms with van der Waals surface area (Å²) in [6, 6.07) is 2.35. The van der Waals surface area contributed by atoms with Crippen molar-refractivity contribution in [3.8, 4) is 0 Å². The molecule has 1 saturated heterocycles. The van der Waals surface area contributed by atoms with Gasteiger partial charge in [-0.15, -0.1) is 11.3 Å². The SMILES string of the molecule is c1cc2c(s1)[C@H](CN1CCC1)OCC21CC1. The van der Waals surface area contributed by atoms with Gasteiger partial charge in [0.25, 0.3) is 0 Å². The van der Waals surface area contributed by atoms with Crippen LogP contribution in [0.4, 0.5) is 0 Å². The summed E-state index contributed by atoms with van der Waals surface area (Å²) in [4.78, 5) is 4.04. The molecule has 1 saturated carbocycles. The second-order valence-corrected chi connectivity index (χ2v) is 6.38. The molecular weight excluding hydrogens is 218 g/mol. The number of likely N-dealkylation sites (tertiary alicyclic amines) is 1. The number of hydrogen-bond donors (Lipinski definition) is 0. The van der Waals surface area contributed by atoms with E-state index < -0.39 is 0 Å². The summed E-state index contributed by atoms with van der Waals surface area (Å²) in [5, 5.41) is 2.25. The van der Waals surface area contributed by atoms with Gasteiger partial charge in [0.1, 0.15) is 6.10 Å². The molecule has 1 aromatic rings. The van der Waals surface area contributed by atoms with Crippen LogP contribution in [0.3, 0.4) is 0 Å². The van der Waals surface area contributed by atoms with E-state index in [-0.39, 0.29) is 0 Å². The Balaban J connectivity index is 1.61. The molecule has 1 aliphatic carbocycles. The fourth-order valence-electron chi connectivity index (χ4n) is 2.92. The van der Waals surface area contributed by atoms with E-state index in [2.05, 4.69) is 16.3 Å². The van der Waals surface area contributed by atoms with Crippen molar-refractivity contribution in [2.24, 2.45) is 0 Å². The van der Waals surface area contributed by atoms with Gasteiger partial charge in [-0.05, 0) is 49.4 Å². The van der Waals surface area contributed by atoms with Crippen LogP contribution in [0.1, 0.15) is 35.8 Å². The van der Waals surface area contributed by atoms with Crippen molar-refractivity contribution in [1.29, 1.82) is 0 Å². The van der Waals surface area contributed by atoms with Gasteiger partial charge in [0, 0.05) is 16.8 Å². The lowest BCUT2D eigenvalue weighted by Crippen LogP contribution is -2.41. The van der Waals surface area contributed by atoms with Crippen molar-refractivity contribution in [2.45, 2.75) is 30.8 Å². The summed E-state index contributed by atoms with van der Waals surface area (Å²) in [6.07, 6.45) is 4.41. The van der Waals surface area contributed by atoms with Crippen LogP contribution in [-0.4, -0.2) is 31.1 Å². The van der Waals surface area contributed by atoms with E-state index in [1.165, 1.54) is 37.2 Å². The molecule has 3 heterocycles. The zero-order valence-corrected chi connectivity index (χ0v) is 10.3. The molecule has 4 rings (SSSR count). The molecule has 0 aromatic carbocycles. The maximum atomic E-state index is 6.12. The number of nitrogens with zero attached hydrogens (tertiary/aromatic N) is 1. The van der Waals surface area contributed by atoms with Crippen LogP contribution in [0.25, 0.3) is 0 Å². The molecule has 1 atom stereocenters. The number of thiophene rings is 1. The van der Waals surface area contributed by atoms with Gasteiger partial charge in [-0.3, -0.25) is 0 Å². The van der Waals surface area contributed by atoms with Crippen molar-refractivity contribution in [3.63, 3.8) is 0 Å². The van der Waals surface area contributed by atoms with E-state index in [9.17, 15) is 0 Å². The minimum atomic E-state index is 0.363. The monoisotopic (exact) mass is 235 g/mol. The van der Waals surface area contributed by atoms with Gasteiger partial charge in [-0.2, -0.15) is 0 Å². The fourth-order valence-corrected chi connectivity index (χ4v) is 3.98. The first-order valence-corrected chi connectivity index (χ1v) is 7.17. The molecule has 2 aliphatic heterocycles. The van der Waals surface area contributed by atoms with Crippen LogP contribution in [0.2, 0.25) is 0 Å². The summed E-state index contributed by atoms with van der Waals surface area (Å²) in [7, 11) is 0. The van der Waals surface area contributed by atoms with E-state index in [1.54, 1.807) is 5.56 Å². The molecule has 0 radical (unpaired) electrons. The largest absolute Gasteiger partial charge is 0.370 e. The van der Waals surface area contributed by atoms with Crippen LogP contribution >= 0.6 is 11.3 Å². The highest BCUT2D eigenvalue weighted by molar-refractivity contribution is 7.10. The van der Waals surface area contributed by atoms with Crippen molar-refractivity contribution in [3.05, 3.63) is 21.9 Å². The molecule has 0 N–H and O–H groups in total. The third-order valence-corrected chi connectivity index (χ3v) is 5.35. The molecule has 16 heavy (non-hydrogen) atoms. The molecule has 2 fully saturated rings. The zero-order chi connectivity index (χ0) is 10.6. The minimum absolute atomic E-state index is 0.363. The molecule has 0 unspecified atom stereocenters. The molecule has 3 heteroatoms. The first-order chi connectivity index (χ1) is 7.87. The Morgan fingerprint density at radius 2 is 2.31 bits per heavy atom. The highest BCUT2D eigenvalue weighted by Crippen LogP contribution is 2.55. The zero-order valence-electron chi connectivity index (χ0n) is 9.45. The predicted molar refractivity (Wildman–Crippen MR) is 65.0 cm³/mol. The highest BCUT2D eigenvalue weighted by Gasteiger charge is 2.50. The standard InChI is InChI=1S/C13H17NOS/c1-5-14(6-1)8-11-12-10(2-7-16-12)13(3-4-13)9-15-11/h2,7,11H,1,3-6,8-9H2/t11-/m0/s1. The molecule has 0 amide bonds. The van der Waals surface area contributed by atoms with Crippen molar-refractivity contribution in [2.75, 3.05) is 26.2 Å². The van der Waals surface area contributed by atoms with Crippen molar-refractivity contribution < 1.29 is 4.74 Å². The molecule has 0 bridgehead atoms. The summed E-state index contributed by atoms with van der Waals surface area (Å²) in [5.41, 5.74) is 2.06. The van der Waals surface area contributed by atoms with Gasteiger partial charge in [-0.1, -0.05) is 0 Å². The summed E-state index contributed by atoms with van der Waals surface area (Å²) in [6.45, 7) is 4.62. The Bertz CT molecular complexity index is 406. The normalized spacial score (nSPS) is 31.1. The smallest absolute Gasteiger partial charge is 0.105 e. The Morgan fingerprint density at radius 1 is 1.44 bits per heavy atom. The highest BCUT2D eigenvalue weighted by atomic mass is 32.1. The molecule has 2 nitrogen and oxygen atoms in total. The lowest BCUT2D eigenvalue weighted by Gasteiger charge is -2.37. The third kappa shape index (κ3) is 1.31. The Kier molecular flexibility index (Phi) is 1.99. The summed E-state index contributed by atoms with van der Waals surface area (Å²) >= 11 is 1.90. The maximum absolute atomic E-state index is 6.12. The Morgan fingerprint density at radius 3 is 3.00 bits per heavy atom. The molecule has 86 valence electrons. The minimum Gasteiger partial charge on any atom is -0.370 e. The molecule has 1 spiro atoms. The average molecular weight is 235 g/mol. The van der Waals surface area contributed by atoms with Crippen LogP contribution in [-0.2, 0) is 10.2 Å². The maximum Gasteiger partial charge on any atom is 0.105 e. The van der Waals surface area contributed by atoms with E-state index in [0.717, 1.165) is 13.2 Å². The third-order valence-electron chi connectivity index (χ3n) is 4.35. The van der Waals surface area contributed by atoms with Gasteiger partial charge >= 0.3 is 0 Å². The topological polar surface area (TPSA) is 12.5 Å². The van der Waals surface area contributed by atoms with Crippen LogP contribution in [0.5, 0.6) is 0 Å². The average Bonchev–Trinajstić information content (AvgIpc) is 2.82. The van der Waals surface area contributed by atoms with Gasteiger partial charge in [0.15, 0.2) is 0 Å². The predicted octanol–water partition coefficient (Wildman–Crippen LogP) is 2.56. The van der Waals surface area contributed by atoms with Crippen molar-refractivity contribution in [1.82, 2.24) is 4.90 Å². The summed E-state index contributed by atoms with van der Waals surface area (Å²) in [5.74, 6) is 0. The van der Waals surface area contributed by atoms with Gasteiger partial charge < -0.3 is 9.64 Å². The van der Waals surface area contributed by atoms with Gasteiger partial charge in [-0.25, -0.2) is 0 Å².